The molecular formula is C22H23ClN2O3S. The molecule has 2 aliphatic rings. The number of hydrogen-bond acceptors (Lipinski definition) is 4. The average molecular weight is 431 g/mol. The Labute approximate surface area is 179 Å². The highest BCUT2D eigenvalue weighted by Crippen LogP contribution is 2.34. The van der Waals surface area contributed by atoms with Gasteiger partial charge in [0.1, 0.15) is 6.61 Å². The van der Waals surface area contributed by atoms with Crippen LogP contribution in [-0.2, 0) is 9.53 Å². The minimum atomic E-state index is -0.391. The van der Waals surface area contributed by atoms with E-state index in [-0.39, 0.29) is 11.9 Å². The Morgan fingerprint density at radius 3 is 2.66 bits per heavy atom. The number of benzene rings is 2. The van der Waals surface area contributed by atoms with Gasteiger partial charge in [0.2, 0.25) is 5.91 Å². The molecule has 0 saturated carbocycles. The van der Waals surface area contributed by atoms with Crippen LogP contribution in [-0.4, -0.2) is 48.9 Å². The van der Waals surface area contributed by atoms with Crippen molar-refractivity contribution >= 4 is 35.4 Å². The maximum absolute atomic E-state index is 12.3. The maximum Gasteiger partial charge on any atom is 0.407 e. The molecule has 4 rings (SSSR count). The van der Waals surface area contributed by atoms with Crippen LogP contribution in [0, 0.1) is 0 Å². The maximum atomic E-state index is 12.3. The van der Waals surface area contributed by atoms with E-state index in [9.17, 15) is 9.59 Å². The van der Waals surface area contributed by atoms with Gasteiger partial charge in [-0.05, 0) is 41.5 Å². The summed E-state index contributed by atoms with van der Waals surface area (Å²) in [6.45, 7) is 1.86. The van der Waals surface area contributed by atoms with E-state index in [1.54, 1.807) is 11.8 Å². The number of nitrogens with zero attached hydrogens (tertiary/aromatic N) is 1. The summed E-state index contributed by atoms with van der Waals surface area (Å²) in [5, 5.41) is 3.46. The fourth-order valence-corrected chi connectivity index (χ4v) is 4.66. The van der Waals surface area contributed by atoms with Gasteiger partial charge in [-0.1, -0.05) is 41.9 Å². The SMILES string of the molecule is CSc1cc(Cl)ccc1-c1ccc(C2CN(C(=O)CCC3COC(=O)N3)C2)cc1. The van der Waals surface area contributed by atoms with E-state index in [1.165, 1.54) is 16.7 Å². The van der Waals surface area contributed by atoms with E-state index >= 15 is 0 Å². The Balaban J connectivity index is 1.31. The van der Waals surface area contributed by atoms with Crippen LogP contribution in [0.15, 0.2) is 47.4 Å². The first-order valence-corrected chi connectivity index (χ1v) is 11.3. The Morgan fingerprint density at radius 1 is 1.24 bits per heavy atom. The van der Waals surface area contributed by atoms with E-state index in [0.29, 0.717) is 25.4 Å². The van der Waals surface area contributed by atoms with E-state index < -0.39 is 6.09 Å². The van der Waals surface area contributed by atoms with Crippen LogP contribution in [0.3, 0.4) is 0 Å². The Bertz CT molecular complexity index is 913. The molecule has 0 spiro atoms. The molecule has 29 heavy (non-hydrogen) atoms. The number of ether oxygens (including phenoxy) is 1. The zero-order valence-corrected chi connectivity index (χ0v) is 17.8. The van der Waals surface area contributed by atoms with Crippen molar-refractivity contribution in [2.45, 2.75) is 29.7 Å². The zero-order valence-electron chi connectivity index (χ0n) is 16.2. The van der Waals surface area contributed by atoms with Gasteiger partial charge in [-0.3, -0.25) is 4.79 Å². The lowest BCUT2D eigenvalue weighted by atomic mass is 9.89. The van der Waals surface area contributed by atoms with Crippen LogP contribution >= 0.6 is 23.4 Å². The van der Waals surface area contributed by atoms with Crippen molar-refractivity contribution in [1.82, 2.24) is 10.2 Å². The first-order valence-electron chi connectivity index (χ1n) is 9.68. The lowest BCUT2D eigenvalue weighted by Crippen LogP contribution is -2.48. The van der Waals surface area contributed by atoms with Gasteiger partial charge in [0.15, 0.2) is 0 Å². The number of hydrogen-bond donors (Lipinski definition) is 1. The third-order valence-corrected chi connectivity index (χ3v) is 6.55. The normalized spacial score (nSPS) is 18.9. The molecule has 2 aliphatic heterocycles. The Kier molecular flexibility index (Phi) is 6.01. The summed E-state index contributed by atoms with van der Waals surface area (Å²) in [6.07, 6.45) is 2.72. The summed E-state index contributed by atoms with van der Waals surface area (Å²) in [4.78, 5) is 26.4. The van der Waals surface area contributed by atoms with Crippen molar-refractivity contribution in [1.29, 1.82) is 0 Å². The van der Waals surface area contributed by atoms with Crippen molar-refractivity contribution in [2.75, 3.05) is 26.0 Å². The molecule has 2 aromatic rings. The fourth-order valence-electron chi connectivity index (χ4n) is 3.77. The van der Waals surface area contributed by atoms with Crippen molar-refractivity contribution in [3.63, 3.8) is 0 Å². The van der Waals surface area contributed by atoms with Gasteiger partial charge in [0.25, 0.3) is 0 Å². The molecule has 2 saturated heterocycles. The van der Waals surface area contributed by atoms with Crippen LogP contribution in [0.2, 0.25) is 5.02 Å². The van der Waals surface area contributed by atoms with Crippen molar-refractivity contribution < 1.29 is 14.3 Å². The molecule has 0 aromatic heterocycles. The number of nitrogens with one attached hydrogen (secondary N) is 1. The molecule has 2 fully saturated rings. The summed E-state index contributed by atoms with van der Waals surface area (Å²) in [5.41, 5.74) is 3.61. The van der Waals surface area contributed by atoms with E-state index in [0.717, 1.165) is 23.0 Å². The van der Waals surface area contributed by atoms with Crippen molar-refractivity contribution in [3.8, 4) is 11.1 Å². The summed E-state index contributed by atoms with van der Waals surface area (Å²) >= 11 is 7.80. The summed E-state index contributed by atoms with van der Waals surface area (Å²) < 4.78 is 4.85. The molecule has 2 heterocycles. The molecule has 1 atom stereocenters. The van der Waals surface area contributed by atoms with Crippen LogP contribution < -0.4 is 5.32 Å². The molecule has 0 radical (unpaired) electrons. The molecule has 5 nitrogen and oxygen atoms in total. The number of halogens is 1. The second kappa shape index (κ2) is 8.67. The Morgan fingerprint density at radius 2 is 2.00 bits per heavy atom. The second-order valence-electron chi connectivity index (χ2n) is 7.44. The predicted octanol–water partition coefficient (Wildman–Crippen LogP) is 4.54. The van der Waals surface area contributed by atoms with Gasteiger partial charge in [-0.15, -0.1) is 11.8 Å². The first-order chi connectivity index (χ1) is 14.0. The lowest BCUT2D eigenvalue weighted by molar-refractivity contribution is -0.135. The highest BCUT2D eigenvalue weighted by atomic mass is 35.5. The summed E-state index contributed by atoms with van der Waals surface area (Å²) in [7, 11) is 0. The topological polar surface area (TPSA) is 58.6 Å². The molecule has 0 aliphatic carbocycles. The number of carbonyl (C=O) groups is 2. The first kappa shape index (κ1) is 20.1. The van der Waals surface area contributed by atoms with Crippen LogP contribution in [0.5, 0.6) is 0 Å². The van der Waals surface area contributed by atoms with Crippen LogP contribution in [0.25, 0.3) is 11.1 Å². The highest BCUT2D eigenvalue weighted by Gasteiger charge is 2.32. The minimum Gasteiger partial charge on any atom is -0.447 e. The second-order valence-corrected chi connectivity index (χ2v) is 8.73. The monoisotopic (exact) mass is 430 g/mol. The smallest absolute Gasteiger partial charge is 0.407 e. The number of thioether (sulfide) groups is 1. The number of alkyl carbamates (subject to hydrolysis) is 1. The third-order valence-electron chi connectivity index (χ3n) is 5.54. The minimum absolute atomic E-state index is 0.0462. The molecule has 2 aromatic carbocycles. The molecule has 152 valence electrons. The number of carbonyl (C=O) groups excluding carboxylic acids is 2. The van der Waals surface area contributed by atoms with Gasteiger partial charge in [0.05, 0.1) is 6.04 Å². The quantitative estimate of drug-likeness (QED) is 0.683. The van der Waals surface area contributed by atoms with Crippen LogP contribution in [0.1, 0.15) is 24.3 Å². The number of likely N-dealkylation sites (tertiary alicyclic amines) is 1. The lowest BCUT2D eigenvalue weighted by Gasteiger charge is -2.40. The molecule has 1 unspecified atom stereocenters. The summed E-state index contributed by atoms with van der Waals surface area (Å²) in [5.74, 6) is 0.526. The highest BCUT2D eigenvalue weighted by molar-refractivity contribution is 7.98. The molecule has 0 bridgehead atoms. The molecule has 1 N–H and O–H groups in total. The van der Waals surface area contributed by atoms with E-state index in [4.69, 9.17) is 16.3 Å². The van der Waals surface area contributed by atoms with Crippen molar-refractivity contribution in [2.24, 2.45) is 0 Å². The van der Waals surface area contributed by atoms with Gasteiger partial charge in [0, 0.05) is 35.3 Å². The van der Waals surface area contributed by atoms with Gasteiger partial charge >= 0.3 is 6.09 Å². The molecule has 7 heteroatoms. The zero-order chi connectivity index (χ0) is 20.4. The predicted molar refractivity (Wildman–Crippen MR) is 115 cm³/mol. The average Bonchev–Trinajstić information content (AvgIpc) is 3.11. The fraction of sp³-hybridized carbons (Fsp3) is 0.364. The van der Waals surface area contributed by atoms with E-state index in [2.05, 4.69) is 41.9 Å². The van der Waals surface area contributed by atoms with Crippen LogP contribution in [0.4, 0.5) is 4.79 Å². The van der Waals surface area contributed by atoms with Gasteiger partial charge in [-0.2, -0.15) is 0 Å². The van der Waals surface area contributed by atoms with Gasteiger partial charge < -0.3 is 15.0 Å². The van der Waals surface area contributed by atoms with Crippen molar-refractivity contribution in [3.05, 3.63) is 53.1 Å². The summed E-state index contributed by atoms with van der Waals surface area (Å²) in [6, 6.07) is 14.5. The largest absolute Gasteiger partial charge is 0.447 e. The third kappa shape index (κ3) is 4.54. The van der Waals surface area contributed by atoms with Gasteiger partial charge in [-0.25, -0.2) is 4.79 Å². The number of amides is 2. The number of cyclic esters (lactones) is 1. The Hall–Kier alpha value is -2.18. The number of rotatable bonds is 6. The van der Waals surface area contributed by atoms with E-state index in [1.807, 2.05) is 17.0 Å². The molecule has 2 amide bonds. The molecular weight excluding hydrogens is 408 g/mol. The standard InChI is InChI=1S/C22H23ClN2O3S/c1-29-20-10-17(23)6-8-19(20)15-4-2-14(3-5-15)16-11-25(12-16)21(26)9-7-18-13-28-22(27)24-18/h2-6,8,10,16,18H,7,9,11-13H2,1H3,(H,24,27).